The molecule has 0 spiro atoms. The number of rotatable bonds is 13. The summed E-state index contributed by atoms with van der Waals surface area (Å²) in [5, 5.41) is 2.85. The average molecular weight is 346 g/mol. The van der Waals surface area contributed by atoms with Gasteiger partial charge in [-0.1, -0.05) is 69.7 Å². The molecule has 0 aromatic heterocycles. The quantitative estimate of drug-likeness (QED) is 0.294. The largest absolute Gasteiger partial charge is 0.361 e. The predicted octanol–water partition coefficient (Wildman–Crippen LogP) is 5.43. The first-order chi connectivity index (χ1) is 12.2. The van der Waals surface area contributed by atoms with E-state index < -0.39 is 0 Å². The zero-order valence-electron chi connectivity index (χ0n) is 16.2. The highest BCUT2D eigenvalue weighted by atomic mass is 16.5. The van der Waals surface area contributed by atoms with Gasteiger partial charge in [0, 0.05) is 12.5 Å². The lowest BCUT2D eigenvalue weighted by Crippen LogP contribution is -2.31. The highest BCUT2D eigenvalue weighted by Crippen LogP contribution is 2.23. The molecular formula is C22H35NO2. The van der Waals surface area contributed by atoms with Gasteiger partial charge in [0.25, 0.3) is 0 Å². The zero-order valence-corrected chi connectivity index (χ0v) is 16.2. The molecule has 1 amide bonds. The molecule has 2 atom stereocenters. The molecule has 0 radical (unpaired) electrons. The third-order valence-corrected chi connectivity index (χ3v) is 4.56. The van der Waals surface area contributed by atoms with E-state index in [1.165, 1.54) is 5.56 Å². The average Bonchev–Trinajstić information content (AvgIpc) is 2.64. The Bertz CT molecular complexity index is 484. The highest BCUT2D eigenvalue weighted by molar-refractivity contribution is 5.78. The second kappa shape index (κ2) is 13.7. The molecule has 0 aliphatic heterocycles. The van der Waals surface area contributed by atoms with Crippen molar-refractivity contribution in [1.82, 2.24) is 5.32 Å². The van der Waals surface area contributed by atoms with E-state index in [2.05, 4.69) is 61.6 Å². The van der Waals surface area contributed by atoms with Crippen LogP contribution < -0.4 is 5.32 Å². The number of nitrogens with one attached hydrogen (secondary N) is 1. The van der Waals surface area contributed by atoms with Gasteiger partial charge in [-0.25, -0.2) is 0 Å². The van der Waals surface area contributed by atoms with Crippen LogP contribution in [0, 0.1) is 5.92 Å². The number of ether oxygens (including phenoxy) is 1. The zero-order chi connectivity index (χ0) is 18.3. The summed E-state index contributed by atoms with van der Waals surface area (Å²) < 4.78 is 5.37. The number of benzene rings is 1. The summed E-state index contributed by atoms with van der Waals surface area (Å²) in [6.07, 6.45) is 10.7. The van der Waals surface area contributed by atoms with Gasteiger partial charge in [-0.05, 0) is 43.6 Å². The summed E-state index contributed by atoms with van der Waals surface area (Å²) in [7, 11) is 0. The minimum absolute atomic E-state index is 0.0236. The fourth-order valence-corrected chi connectivity index (χ4v) is 2.73. The van der Waals surface area contributed by atoms with E-state index >= 15 is 0 Å². The SMILES string of the molecule is CCCCOCNC(=O)C(C)CC/C=C/CC(CC)c1ccccc1. The third-order valence-electron chi connectivity index (χ3n) is 4.56. The molecule has 0 aliphatic carbocycles. The smallest absolute Gasteiger partial charge is 0.224 e. The van der Waals surface area contributed by atoms with Gasteiger partial charge in [0.1, 0.15) is 6.73 Å². The molecule has 0 bridgehead atoms. The van der Waals surface area contributed by atoms with Crippen LogP contribution in [0.2, 0.25) is 0 Å². The molecule has 140 valence electrons. The Balaban J connectivity index is 2.20. The Morgan fingerprint density at radius 2 is 1.96 bits per heavy atom. The Kier molecular flexibility index (Phi) is 11.7. The number of allylic oxidation sites excluding steroid dienone is 2. The summed E-state index contributed by atoms with van der Waals surface area (Å²) in [5.74, 6) is 0.689. The molecular weight excluding hydrogens is 310 g/mol. The molecule has 0 heterocycles. The Morgan fingerprint density at radius 3 is 2.64 bits per heavy atom. The van der Waals surface area contributed by atoms with E-state index in [0.29, 0.717) is 19.3 Å². The van der Waals surface area contributed by atoms with Crippen molar-refractivity contribution in [3.8, 4) is 0 Å². The molecule has 3 nitrogen and oxygen atoms in total. The number of carbonyl (C=O) groups is 1. The van der Waals surface area contributed by atoms with Crippen molar-refractivity contribution in [1.29, 1.82) is 0 Å². The van der Waals surface area contributed by atoms with Crippen LogP contribution in [0.25, 0.3) is 0 Å². The lowest BCUT2D eigenvalue weighted by Gasteiger charge is -2.13. The maximum atomic E-state index is 12.0. The van der Waals surface area contributed by atoms with Gasteiger partial charge in [0.05, 0.1) is 0 Å². The van der Waals surface area contributed by atoms with Crippen molar-refractivity contribution in [3.05, 3.63) is 48.0 Å². The normalized spacial score (nSPS) is 13.7. The summed E-state index contributed by atoms with van der Waals surface area (Å²) in [4.78, 5) is 12.0. The second-order valence-corrected chi connectivity index (χ2v) is 6.65. The summed E-state index contributed by atoms with van der Waals surface area (Å²) >= 11 is 0. The number of hydrogen-bond donors (Lipinski definition) is 1. The van der Waals surface area contributed by atoms with Crippen LogP contribution in [0.15, 0.2) is 42.5 Å². The van der Waals surface area contributed by atoms with E-state index in [0.717, 1.165) is 38.5 Å². The predicted molar refractivity (Wildman–Crippen MR) is 105 cm³/mol. The van der Waals surface area contributed by atoms with E-state index in [1.54, 1.807) is 0 Å². The van der Waals surface area contributed by atoms with Crippen LogP contribution in [0.3, 0.4) is 0 Å². The van der Waals surface area contributed by atoms with Crippen LogP contribution in [0.1, 0.15) is 70.8 Å². The monoisotopic (exact) mass is 345 g/mol. The molecule has 1 N–H and O–H groups in total. The highest BCUT2D eigenvalue weighted by Gasteiger charge is 2.11. The van der Waals surface area contributed by atoms with Crippen LogP contribution in [-0.2, 0) is 9.53 Å². The van der Waals surface area contributed by atoms with Gasteiger partial charge >= 0.3 is 0 Å². The Labute approximate surface area is 153 Å². The van der Waals surface area contributed by atoms with Crippen molar-refractivity contribution in [2.24, 2.45) is 5.92 Å². The van der Waals surface area contributed by atoms with Gasteiger partial charge in [-0.3, -0.25) is 4.79 Å². The van der Waals surface area contributed by atoms with E-state index in [4.69, 9.17) is 4.74 Å². The fourth-order valence-electron chi connectivity index (χ4n) is 2.73. The number of hydrogen-bond acceptors (Lipinski definition) is 2. The van der Waals surface area contributed by atoms with E-state index in [1.807, 2.05) is 6.92 Å². The van der Waals surface area contributed by atoms with E-state index in [9.17, 15) is 4.79 Å². The van der Waals surface area contributed by atoms with Gasteiger partial charge < -0.3 is 10.1 Å². The van der Waals surface area contributed by atoms with Crippen molar-refractivity contribution >= 4 is 5.91 Å². The van der Waals surface area contributed by atoms with Crippen LogP contribution in [-0.4, -0.2) is 19.2 Å². The summed E-state index contributed by atoms with van der Waals surface area (Å²) in [5.41, 5.74) is 1.41. The number of amides is 1. The lowest BCUT2D eigenvalue weighted by molar-refractivity contribution is -0.126. The van der Waals surface area contributed by atoms with Crippen molar-refractivity contribution in [3.63, 3.8) is 0 Å². The van der Waals surface area contributed by atoms with Crippen molar-refractivity contribution in [2.45, 2.75) is 65.2 Å². The first-order valence-corrected chi connectivity index (χ1v) is 9.74. The van der Waals surface area contributed by atoms with Crippen LogP contribution in [0.4, 0.5) is 0 Å². The van der Waals surface area contributed by atoms with E-state index in [-0.39, 0.29) is 11.8 Å². The molecule has 1 aromatic rings. The molecule has 3 heteroatoms. The molecule has 0 saturated carbocycles. The van der Waals surface area contributed by atoms with Gasteiger partial charge in [-0.2, -0.15) is 0 Å². The molecule has 1 rings (SSSR count). The fraction of sp³-hybridized carbons (Fsp3) is 0.591. The molecule has 1 aromatic carbocycles. The maximum absolute atomic E-state index is 12.0. The maximum Gasteiger partial charge on any atom is 0.224 e. The minimum atomic E-state index is 0.0236. The van der Waals surface area contributed by atoms with Crippen LogP contribution in [0.5, 0.6) is 0 Å². The minimum Gasteiger partial charge on any atom is -0.361 e. The molecule has 0 saturated heterocycles. The lowest BCUT2D eigenvalue weighted by atomic mass is 9.93. The van der Waals surface area contributed by atoms with Gasteiger partial charge in [-0.15, -0.1) is 0 Å². The van der Waals surface area contributed by atoms with Crippen molar-refractivity contribution in [2.75, 3.05) is 13.3 Å². The Hall–Kier alpha value is -1.61. The Morgan fingerprint density at radius 1 is 1.20 bits per heavy atom. The molecule has 25 heavy (non-hydrogen) atoms. The topological polar surface area (TPSA) is 38.3 Å². The molecule has 2 unspecified atom stereocenters. The van der Waals surface area contributed by atoms with Crippen LogP contribution >= 0.6 is 0 Å². The van der Waals surface area contributed by atoms with Crippen molar-refractivity contribution < 1.29 is 9.53 Å². The summed E-state index contributed by atoms with van der Waals surface area (Å²) in [6, 6.07) is 10.7. The molecule has 0 fully saturated rings. The first kappa shape index (κ1) is 21.4. The number of unbranched alkanes of at least 4 members (excludes halogenated alkanes) is 1. The third kappa shape index (κ3) is 9.45. The first-order valence-electron chi connectivity index (χ1n) is 9.74. The number of carbonyl (C=O) groups excluding carboxylic acids is 1. The second-order valence-electron chi connectivity index (χ2n) is 6.65. The van der Waals surface area contributed by atoms with Gasteiger partial charge in [0.15, 0.2) is 0 Å². The standard InChI is InChI=1S/C22H35NO2/c1-4-6-17-25-18-23-22(24)19(3)13-9-7-10-14-20(5-2)21-15-11-8-12-16-21/h7-8,10-12,15-16,19-20H,4-6,9,13-14,17-18H2,1-3H3,(H,23,24)/b10-7+. The molecule has 0 aliphatic rings. The van der Waals surface area contributed by atoms with Gasteiger partial charge in [0.2, 0.25) is 5.91 Å². The summed E-state index contributed by atoms with van der Waals surface area (Å²) in [6.45, 7) is 7.39.